The molecule has 0 radical (unpaired) electrons. The molecule has 4 nitrogen and oxygen atoms in total. The van der Waals surface area contributed by atoms with Crippen LogP contribution in [-0.4, -0.2) is 21.6 Å². The lowest BCUT2D eigenvalue weighted by Gasteiger charge is -2.19. The summed E-state index contributed by atoms with van der Waals surface area (Å²) in [6.07, 6.45) is 1.80. The lowest BCUT2D eigenvalue weighted by Crippen LogP contribution is -2.17. The Bertz CT molecular complexity index is 707. The van der Waals surface area contributed by atoms with Gasteiger partial charge in [0.25, 0.3) is 0 Å². The van der Waals surface area contributed by atoms with Crippen molar-refractivity contribution in [3.05, 3.63) is 46.6 Å². The average Bonchev–Trinajstić information content (AvgIpc) is 2.83. The molecule has 0 aliphatic carbocycles. The summed E-state index contributed by atoms with van der Waals surface area (Å²) in [5, 5.41) is 5.16. The van der Waals surface area contributed by atoms with E-state index in [9.17, 15) is 0 Å². The van der Waals surface area contributed by atoms with E-state index in [1.807, 2.05) is 25.2 Å². The van der Waals surface area contributed by atoms with E-state index in [-0.39, 0.29) is 0 Å². The summed E-state index contributed by atoms with van der Waals surface area (Å²) in [5.74, 6) is 0. The van der Waals surface area contributed by atoms with Crippen LogP contribution in [0.25, 0.3) is 10.9 Å². The predicted octanol–water partition coefficient (Wildman–Crippen LogP) is 3.38. The highest BCUT2D eigenvalue weighted by Crippen LogP contribution is 2.27. The molecular weight excluding hydrogens is 280 g/mol. The number of hydrogen-bond acceptors (Lipinski definition) is 5. The first-order valence-corrected chi connectivity index (χ1v) is 6.92. The molecule has 0 aliphatic heterocycles. The van der Waals surface area contributed by atoms with Crippen molar-refractivity contribution in [3.8, 4) is 0 Å². The van der Waals surface area contributed by atoms with Crippen LogP contribution >= 0.6 is 23.1 Å². The number of anilines is 1. The smallest absolute Gasteiger partial charge is 0.139 e. The summed E-state index contributed by atoms with van der Waals surface area (Å²) in [5.41, 5.74) is 2.89. The molecule has 0 aliphatic rings. The van der Waals surface area contributed by atoms with Crippen LogP contribution in [0.1, 0.15) is 5.69 Å². The van der Waals surface area contributed by atoms with E-state index in [1.165, 1.54) is 11.5 Å². The van der Waals surface area contributed by atoms with Gasteiger partial charge in [-0.25, -0.2) is 0 Å². The topological polar surface area (TPSA) is 41.9 Å². The zero-order chi connectivity index (χ0) is 13.2. The van der Waals surface area contributed by atoms with Gasteiger partial charge in [-0.3, -0.25) is 4.98 Å². The fraction of sp³-hybridized carbons (Fsp3) is 0.154. The molecule has 6 heteroatoms. The molecule has 0 saturated heterocycles. The Morgan fingerprint density at radius 2 is 2.16 bits per heavy atom. The molecule has 0 bridgehead atoms. The molecule has 0 amide bonds. The number of nitrogens with zero attached hydrogens (tertiary/aromatic N) is 4. The van der Waals surface area contributed by atoms with Gasteiger partial charge in [0.2, 0.25) is 0 Å². The maximum absolute atomic E-state index is 6.04. The highest BCUT2D eigenvalue weighted by atomic mass is 35.5. The van der Waals surface area contributed by atoms with Gasteiger partial charge in [0.15, 0.2) is 0 Å². The Balaban J connectivity index is 1.98. The van der Waals surface area contributed by atoms with Gasteiger partial charge in [0.1, 0.15) is 10.0 Å². The Morgan fingerprint density at radius 3 is 2.95 bits per heavy atom. The van der Waals surface area contributed by atoms with Crippen molar-refractivity contribution in [3.63, 3.8) is 0 Å². The SMILES string of the molecule is CN(Cc1nnsc1Cl)c1cccc2ncccc12. The number of rotatable bonds is 3. The average molecular weight is 291 g/mol. The van der Waals surface area contributed by atoms with E-state index in [4.69, 9.17) is 11.6 Å². The van der Waals surface area contributed by atoms with Crippen LogP contribution in [0.4, 0.5) is 5.69 Å². The van der Waals surface area contributed by atoms with Crippen molar-refractivity contribution in [2.24, 2.45) is 0 Å². The molecule has 2 aromatic heterocycles. The normalized spacial score (nSPS) is 10.8. The standard InChI is InChI=1S/C13H11ClN4S/c1-18(8-11-13(14)19-17-16-11)12-6-2-5-10-9(12)4-3-7-15-10/h2-7H,8H2,1H3. The summed E-state index contributed by atoms with van der Waals surface area (Å²) < 4.78 is 4.50. The zero-order valence-electron chi connectivity index (χ0n) is 10.2. The molecule has 19 heavy (non-hydrogen) atoms. The molecule has 2 heterocycles. The molecule has 0 fully saturated rings. The van der Waals surface area contributed by atoms with Crippen LogP contribution in [0.2, 0.25) is 4.34 Å². The van der Waals surface area contributed by atoms with Gasteiger partial charge >= 0.3 is 0 Å². The molecule has 0 N–H and O–H groups in total. The third-order valence-electron chi connectivity index (χ3n) is 2.93. The van der Waals surface area contributed by atoms with E-state index in [0.29, 0.717) is 10.9 Å². The first kappa shape index (κ1) is 12.3. The second-order valence-corrected chi connectivity index (χ2v) is 5.55. The number of pyridine rings is 1. The summed E-state index contributed by atoms with van der Waals surface area (Å²) in [6, 6.07) is 10.1. The highest BCUT2D eigenvalue weighted by molar-refractivity contribution is 7.10. The van der Waals surface area contributed by atoms with Gasteiger partial charge in [-0.15, -0.1) is 5.10 Å². The Hall–Kier alpha value is -1.72. The number of hydrogen-bond donors (Lipinski definition) is 0. The van der Waals surface area contributed by atoms with E-state index in [1.54, 1.807) is 6.20 Å². The molecule has 3 aromatic rings. The molecule has 0 saturated carbocycles. The van der Waals surface area contributed by atoms with Crippen LogP contribution in [0.3, 0.4) is 0 Å². The van der Waals surface area contributed by atoms with Gasteiger partial charge in [-0.1, -0.05) is 22.2 Å². The summed E-state index contributed by atoms with van der Waals surface area (Å²) in [4.78, 5) is 6.46. The van der Waals surface area contributed by atoms with Crippen LogP contribution in [-0.2, 0) is 6.54 Å². The number of benzene rings is 1. The van der Waals surface area contributed by atoms with Gasteiger partial charge in [-0.05, 0) is 24.3 Å². The van der Waals surface area contributed by atoms with Crippen molar-refractivity contribution < 1.29 is 0 Å². The lowest BCUT2D eigenvalue weighted by molar-refractivity contribution is 0.876. The molecule has 1 aromatic carbocycles. The largest absolute Gasteiger partial charge is 0.368 e. The molecule has 0 atom stereocenters. The monoisotopic (exact) mass is 290 g/mol. The summed E-state index contributed by atoms with van der Waals surface area (Å²) >= 11 is 7.25. The molecule has 96 valence electrons. The van der Waals surface area contributed by atoms with Crippen molar-refractivity contribution >= 4 is 39.7 Å². The number of aromatic nitrogens is 3. The van der Waals surface area contributed by atoms with Gasteiger partial charge in [0.05, 0.1) is 12.1 Å². The van der Waals surface area contributed by atoms with Gasteiger partial charge in [-0.2, -0.15) is 0 Å². The molecule has 0 unspecified atom stereocenters. The predicted molar refractivity (Wildman–Crippen MR) is 78.8 cm³/mol. The van der Waals surface area contributed by atoms with Crippen LogP contribution in [0.5, 0.6) is 0 Å². The number of fused-ring (bicyclic) bond motifs is 1. The molecule has 0 spiro atoms. The lowest BCUT2D eigenvalue weighted by atomic mass is 10.1. The Labute approximate surface area is 119 Å². The van der Waals surface area contributed by atoms with Crippen molar-refractivity contribution in [1.29, 1.82) is 0 Å². The second-order valence-electron chi connectivity index (χ2n) is 4.20. The first-order chi connectivity index (χ1) is 9.25. The van der Waals surface area contributed by atoms with Crippen molar-refractivity contribution in [2.45, 2.75) is 6.54 Å². The van der Waals surface area contributed by atoms with Crippen LogP contribution < -0.4 is 4.90 Å². The number of halogens is 1. The zero-order valence-corrected chi connectivity index (χ0v) is 11.8. The molecule has 3 rings (SSSR count). The minimum Gasteiger partial charge on any atom is -0.368 e. The van der Waals surface area contributed by atoms with Crippen molar-refractivity contribution in [2.75, 3.05) is 11.9 Å². The second kappa shape index (κ2) is 5.11. The summed E-state index contributed by atoms with van der Waals surface area (Å²) in [6.45, 7) is 0.628. The Kier molecular flexibility index (Phi) is 3.31. The van der Waals surface area contributed by atoms with E-state index in [0.717, 1.165) is 22.3 Å². The third-order valence-corrected chi connectivity index (χ3v) is 3.91. The summed E-state index contributed by atoms with van der Waals surface area (Å²) in [7, 11) is 2.01. The maximum Gasteiger partial charge on any atom is 0.139 e. The van der Waals surface area contributed by atoms with Gasteiger partial charge in [0, 0.05) is 35.9 Å². The minimum atomic E-state index is 0.628. The first-order valence-electron chi connectivity index (χ1n) is 5.77. The fourth-order valence-electron chi connectivity index (χ4n) is 2.02. The quantitative estimate of drug-likeness (QED) is 0.741. The Morgan fingerprint density at radius 1 is 1.26 bits per heavy atom. The third kappa shape index (κ3) is 2.39. The fourth-order valence-corrected chi connectivity index (χ4v) is 2.63. The highest BCUT2D eigenvalue weighted by Gasteiger charge is 2.11. The minimum absolute atomic E-state index is 0.628. The van der Waals surface area contributed by atoms with E-state index in [2.05, 4.69) is 31.6 Å². The van der Waals surface area contributed by atoms with Crippen LogP contribution in [0.15, 0.2) is 36.5 Å². The van der Waals surface area contributed by atoms with Crippen molar-refractivity contribution in [1.82, 2.24) is 14.6 Å². The maximum atomic E-state index is 6.04. The van der Waals surface area contributed by atoms with E-state index < -0.39 is 0 Å². The van der Waals surface area contributed by atoms with E-state index >= 15 is 0 Å². The van der Waals surface area contributed by atoms with Crippen LogP contribution in [0, 0.1) is 0 Å². The van der Waals surface area contributed by atoms with Gasteiger partial charge < -0.3 is 4.90 Å². The molecular formula is C13H11ClN4S.